The molecule has 1 saturated carbocycles. The highest BCUT2D eigenvalue weighted by atomic mass is 79.9. The van der Waals surface area contributed by atoms with Gasteiger partial charge in [-0.25, -0.2) is 0 Å². The van der Waals surface area contributed by atoms with Gasteiger partial charge in [-0.05, 0) is 62.1 Å². The first-order chi connectivity index (χ1) is 10.2. The van der Waals surface area contributed by atoms with E-state index in [4.69, 9.17) is 4.74 Å². The van der Waals surface area contributed by atoms with E-state index in [1.807, 2.05) is 0 Å². The number of rotatable bonds is 5. The van der Waals surface area contributed by atoms with Gasteiger partial charge in [0.15, 0.2) is 0 Å². The van der Waals surface area contributed by atoms with E-state index in [0.29, 0.717) is 12.0 Å². The maximum Gasteiger partial charge on any atom is 0.0687 e. The zero-order valence-electron chi connectivity index (χ0n) is 12.5. The predicted octanol–water partition coefficient (Wildman–Crippen LogP) is 5.88. The normalized spacial score (nSPS) is 25.5. The lowest BCUT2D eigenvalue weighted by atomic mass is 9.93. The van der Waals surface area contributed by atoms with Crippen LogP contribution in [-0.2, 0) is 11.2 Å². The van der Waals surface area contributed by atoms with Crippen LogP contribution in [-0.4, -0.2) is 17.0 Å². The summed E-state index contributed by atoms with van der Waals surface area (Å²) in [5, 5.41) is 1.06. The first kappa shape index (κ1) is 16.0. The molecule has 2 atom stereocenters. The Balaban J connectivity index is 1.55. The van der Waals surface area contributed by atoms with Crippen molar-refractivity contribution in [3.8, 4) is 0 Å². The standard InChI is InChI=1S/C18H24Br2O/c19-13-15(10-14-4-3-5-16(20)11-14)12-17-6-9-18(21-17)7-1-2-8-18/h3-5,11,15,17H,1-2,6-10,12-13H2. The molecular formula is C18H24Br2O. The van der Waals surface area contributed by atoms with Crippen LogP contribution in [0.15, 0.2) is 28.7 Å². The molecule has 3 rings (SSSR count). The van der Waals surface area contributed by atoms with Gasteiger partial charge in [-0.1, -0.05) is 56.8 Å². The molecule has 0 radical (unpaired) electrons. The van der Waals surface area contributed by atoms with E-state index in [1.54, 1.807) is 0 Å². The first-order valence-corrected chi connectivity index (χ1v) is 10.1. The number of ether oxygens (including phenoxy) is 1. The van der Waals surface area contributed by atoms with Gasteiger partial charge in [-0.2, -0.15) is 0 Å². The largest absolute Gasteiger partial charge is 0.372 e. The molecule has 21 heavy (non-hydrogen) atoms. The van der Waals surface area contributed by atoms with Gasteiger partial charge in [0.1, 0.15) is 0 Å². The molecule has 1 aromatic rings. The molecule has 1 spiro atoms. The van der Waals surface area contributed by atoms with Crippen molar-refractivity contribution in [2.24, 2.45) is 5.92 Å². The number of benzene rings is 1. The molecule has 2 unspecified atom stereocenters. The first-order valence-electron chi connectivity index (χ1n) is 8.17. The van der Waals surface area contributed by atoms with Crippen molar-refractivity contribution in [1.82, 2.24) is 0 Å². The fraction of sp³-hybridized carbons (Fsp3) is 0.667. The molecule has 1 aromatic carbocycles. The van der Waals surface area contributed by atoms with Crippen LogP contribution in [0.1, 0.15) is 50.5 Å². The molecule has 0 amide bonds. The molecule has 1 aliphatic heterocycles. The average molecular weight is 416 g/mol. The van der Waals surface area contributed by atoms with Crippen molar-refractivity contribution in [3.63, 3.8) is 0 Å². The zero-order valence-corrected chi connectivity index (χ0v) is 15.7. The van der Waals surface area contributed by atoms with E-state index in [0.717, 1.165) is 11.8 Å². The van der Waals surface area contributed by atoms with Gasteiger partial charge in [0.05, 0.1) is 11.7 Å². The lowest BCUT2D eigenvalue weighted by Gasteiger charge is -2.25. The third kappa shape index (κ3) is 4.11. The average Bonchev–Trinajstić information content (AvgIpc) is 3.09. The molecule has 0 N–H and O–H groups in total. The zero-order chi connectivity index (χ0) is 14.7. The van der Waals surface area contributed by atoms with Gasteiger partial charge < -0.3 is 4.74 Å². The third-order valence-corrected chi connectivity index (χ3v) is 6.49. The van der Waals surface area contributed by atoms with Crippen LogP contribution in [0, 0.1) is 5.92 Å². The van der Waals surface area contributed by atoms with Crippen LogP contribution in [0.2, 0.25) is 0 Å². The van der Waals surface area contributed by atoms with Crippen LogP contribution in [0.25, 0.3) is 0 Å². The van der Waals surface area contributed by atoms with Crippen LogP contribution < -0.4 is 0 Å². The fourth-order valence-electron chi connectivity index (χ4n) is 4.02. The van der Waals surface area contributed by atoms with Crippen molar-refractivity contribution in [2.45, 2.75) is 63.1 Å². The Labute approximate surface area is 145 Å². The topological polar surface area (TPSA) is 9.23 Å². The molecule has 1 nitrogen and oxygen atoms in total. The highest BCUT2D eigenvalue weighted by Gasteiger charge is 2.42. The number of hydrogen-bond acceptors (Lipinski definition) is 1. The smallest absolute Gasteiger partial charge is 0.0687 e. The lowest BCUT2D eigenvalue weighted by Crippen LogP contribution is -2.26. The molecule has 0 bridgehead atoms. The van der Waals surface area contributed by atoms with Crippen molar-refractivity contribution in [1.29, 1.82) is 0 Å². The van der Waals surface area contributed by atoms with E-state index < -0.39 is 0 Å². The summed E-state index contributed by atoms with van der Waals surface area (Å²) in [4.78, 5) is 0. The highest BCUT2D eigenvalue weighted by Crippen LogP contribution is 2.44. The second-order valence-electron chi connectivity index (χ2n) is 6.76. The summed E-state index contributed by atoms with van der Waals surface area (Å²) in [5.41, 5.74) is 1.69. The maximum absolute atomic E-state index is 6.47. The molecular weight excluding hydrogens is 392 g/mol. The van der Waals surface area contributed by atoms with Crippen molar-refractivity contribution in [3.05, 3.63) is 34.3 Å². The van der Waals surface area contributed by atoms with Crippen LogP contribution in [0.4, 0.5) is 0 Å². The highest BCUT2D eigenvalue weighted by molar-refractivity contribution is 9.10. The summed E-state index contributed by atoms with van der Waals surface area (Å²) in [6, 6.07) is 8.69. The Morgan fingerprint density at radius 1 is 1.24 bits per heavy atom. The second kappa shape index (κ2) is 7.14. The van der Waals surface area contributed by atoms with Crippen molar-refractivity contribution >= 4 is 31.9 Å². The lowest BCUT2D eigenvalue weighted by molar-refractivity contribution is -0.0431. The van der Waals surface area contributed by atoms with Crippen molar-refractivity contribution < 1.29 is 4.74 Å². The maximum atomic E-state index is 6.47. The minimum absolute atomic E-state index is 0.275. The van der Waals surface area contributed by atoms with E-state index in [1.165, 1.54) is 55.0 Å². The van der Waals surface area contributed by atoms with Crippen LogP contribution in [0.3, 0.4) is 0 Å². The molecule has 3 heteroatoms. The van der Waals surface area contributed by atoms with Gasteiger partial charge in [0.25, 0.3) is 0 Å². The fourth-order valence-corrected chi connectivity index (χ4v) is 4.96. The summed E-state index contributed by atoms with van der Waals surface area (Å²) in [6.45, 7) is 0. The Morgan fingerprint density at radius 2 is 2.05 bits per heavy atom. The minimum atomic E-state index is 0.275. The summed E-state index contributed by atoms with van der Waals surface area (Å²) >= 11 is 7.27. The van der Waals surface area contributed by atoms with Crippen molar-refractivity contribution in [2.75, 3.05) is 5.33 Å². The number of halogens is 2. The van der Waals surface area contributed by atoms with E-state index in [2.05, 4.69) is 56.1 Å². The Bertz CT molecular complexity index is 468. The van der Waals surface area contributed by atoms with Crippen LogP contribution in [0.5, 0.6) is 0 Å². The number of hydrogen-bond donors (Lipinski definition) is 0. The molecule has 1 aliphatic carbocycles. The predicted molar refractivity (Wildman–Crippen MR) is 95.1 cm³/mol. The van der Waals surface area contributed by atoms with Gasteiger partial charge in [-0.15, -0.1) is 0 Å². The van der Waals surface area contributed by atoms with Gasteiger partial charge in [0, 0.05) is 9.80 Å². The summed E-state index contributed by atoms with van der Waals surface area (Å²) in [5.74, 6) is 0.667. The summed E-state index contributed by atoms with van der Waals surface area (Å²) in [6.07, 6.45) is 10.7. The quantitative estimate of drug-likeness (QED) is 0.545. The van der Waals surface area contributed by atoms with Gasteiger partial charge >= 0.3 is 0 Å². The number of alkyl halides is 1. The van der Waals surface area contributed by atoms with Gasteiger partial charge in [-0.3, -0.25) is 0 Å². The molecule has 116 valence electrons. The molecule has 1 heterocycles. The monoisotopic (exact) mass is 414 g/mol. The molecule has 2 fully saturated rings. The Morgan fingerprint density at radius 3 is 2.76 bits per heavy atom. The molecule has 0 aromatic heterocycles. The van der Waals surface area contributed by atoms with Crippen LogP contribution >= 0.6 is 31.9 Å². The third-order valence-electron chi connectivity index (χ3n) is 5.08. The minimum Gasteiger partial charge on any atom is -0.372 e. The summed E-state index contributed by atoms with van der Waals surface area (Å²) in [7, 11) is 0. The summed E-state index contributed by atoms with van der Waals surface area (Å²) < 4.78 is 7.65. The molecule has 1 saturated heterocycles. The SMILES string of the molecule is BrCC(Cc1cccc(Br)c1)CC1CCC2(CCCC2)O1. The van der Waals surface area contributed by atoms with E-state index >= 15 is 0 Å². The Kier molecular flexibility index (Phi) is 5.45. The Hall–Kier alpha value is 0.140. The van der Waals surface area contributed by atoms with Gasteiger partial charge in [0.2, 0.25) is 0 Å². The second-order valence-corrected chi connectivity index (χ2v) is 8.32. The molecule has 2 aliphatic rings. The van der Waals surface area contributed by atoms with E-state index in [-0.39, 0.29) is 5.60 Å². The van der Waals surface area contributed by atoms with E-state index in [9.17, 15) is 0 Å².